The first kappa shape index (κ1) is 19.4. The Bertz CT molecular complexity index is 691. The minimum Gasteiger partial charge on any atom is -0.376 e. The molecule has 2 aliphatic heterocycles. The van der Waals surface area contributed by atoms with Crippen molar-refractivity contribution >= 4 is 11.8 Å². The summed E-state index contributed by atoms with van der Waals surface area (Å²) >= 11 is 0. The molecule has 146 valence electrons. The summed E-state index contributed by atoms with van der Waals surface area (Å²) in [7, 11) is 0. The molecule has 27 heavy (non-hydrogen) atoms. The second-order valence-electron chi connectivity index (χ2n) is 7.51. The zero-order valence-corrected chi connectivity index (χ0v) is 16.0. The maximum Gasteiger partial charge on any atom is 0.245 e. The Morgan fingerprint density at radius 3 is 2.67 bits per heavy atom. The van der Waals surface area contributed by atoms with Crippen molar-refractivity contribution in [2.45, 2.75) is 69.7 Å². The van der Waals surface area contributed by atoms with Crippen LogP contribution >= 0.6 is 0 Å². The Morgan fingerprint density at radius 1 is 1.26 bits per heavy atom. The van der Waals surface area contributed by atoms with Gasteiger partial charge in [0.1, 0.15) is 12.1 Å². The highest BCUT2D eigenvalue weighted by Crippen LogP contribution is 2.33. The number of hydrogen-bond acceptors (Lipinski definition) is 4. The molecule has 2 amide bonds. The first-order valence-electron chi connectivity index (χ1n) is 9.86. The second kappa shape index (κ2) is 8.57. The number of nitrogens with zero attached hydrogens (tertiary/aromatic N) is 1. The fourth-order valence-electron chi connectivity index (χ4n) is 4.03. The molecule has 0 aromatic heterocycles. The third kappa shape index (κ3) is 4.33. The number of piperidine rings is 1. The Morgan fingerprint density at radius 2 is 1.96 bits per heavy atom. The lowest BCUT2D eigenvalue weighted by Crippen LogP contribution is -2.58. The molecule has 0 radical (unpaired) electrons. The van der Waals surface area contributed by atoms with Gasteiger partial charge in [-0.25, -0.2) is 0 Å². The fourth-order valence-corrected chi connectivity index (χ4v) is 4.03. The summed E-state index contributed by atoms with van der Waals surface area (Å²) in [5, 5.41) is 6.19. The van der Waals surface area contributed by atoms with Crippen LogP contribution in [0, 0.1) is 0 Å². The fraction of sp³-hybridized carbons (Fsp3) is 0.524. The minimum atomic E-state index is -0.385. The molecule has 6 nitrogen and oxygen atoms in total. The lowest BCUT2D eigenvalue weighted by Gasteiger charge is -2.38. The van der Waals surface area contributed by atoms with Crippen LogP contribution in [0.3, 0.4) is 0 Å². The quantitative estimate of drug-likeness (QED) is 0.681. The van der Waals surface area contributed by atoms with Crippen molar-refractivity contribution in [2.75, 3.05) is 0 Å². The van der Waals surface area contributed by atoms with E-state index in [-0.39, 0.29) is 36.0 Å². The van der Waals surface area contributed by atoms with E-state index in [4.69, 9.17) is 5.73 Å². The van der Waals surface area contributed by atoms with E-state index >= 15 is 0 Å². The lowest BCUT2D eigenvalue weighted by atomic mass is 9.97. The number of hydrogen-bond donors (Lipinski definition) is 3. The van der Waals surface area contributed by atoms with E-state index in [2.05, 4.69) is 17.2 Å². The van der Waals surface area contributed by atoms with E-state index in [0.717, 1.165) is 37.7 Å². The minimum absolute atomic E-state index is 0.00642. The maximum absolute atomic E-state index is 13.0. The number of fused-ring (bicyclic) bond motifs is 1. The highest BCUT2D eigenvalue weighted by Gasteiger charge is 2.46. The van der Waals surface area contributed by atoms with Gasteiger partial charge in [-0.1, -0.05) is 43.8 Å². The van der Waals surface area contributed by atoms with Crippen LogP contribution < -0.4 is 16.4 Å². The molecule has 1 aromatic rings. The molecule has 4 atom stereocenters. The molecule has 1 aromatic carbocycles. The summed E-state index contributed by atoms with van der Waals surface area (Å²) in [6, 6.07) is 9.08. The summed E-state index contributed by atoms with van der Waals surface area (Å²) in [5.41, 5.74) is 7.75. The van der Waals surface area contributed by atoms with Crippen molar-refractivity contribution in [3.63, 3.8) is 0 Å². The molecule has 2 aliphatic rings. The van der Waals surface area contributed by atoms with Crippen LogP contribution in [0.2, 0.25) is 0 Å². The van der Waals surface area contributed by atoms with Gasteiger partial charge in [-0.2, -0.15) is 0 Å². The number of carbonyl (C=O) groups is 2. The molecule has 3 rings (SSSR count). The number of nitrogens with one attached hydrogen (secondary N) is 2. The summed E-state index contributed by atoms with van der Waals surface area (Å²) < 4.78 is 0. The van der Waals surface area contributed by atoms with E-state index in [1.807, 2.05) is 37.3 Å². The van der Waals surface area contributed by atoms with Crippen molar-refractivity contribution in [3.05, 3.63) is 48.2 Å². The Kier molecular flexibility index (Phi) is 6.16. The van der Waals surface area contributed by atoms with Gasteiger partial charge in [-0.3, -0.25) is 9.59 Å². The average molecular weight is 370 g/mol. The predicted octanol–water partition coefficient (Wildman–Crippen LogP) is 1.67. The molecule has 0 unspecified atom stereocenters. The number of nitrogens with two attached hydrogens (primary N) is 1. The lowest BCUT2D eigenvalue weighted by molar-refractivity contribution is -0.144. The Balaban J connectivity index is 1.62. The van der Waals surface area contributed by atoms with Gasteiger partial charge in [0, 0.05) is 24.3 Å². The van der Waals surface area contributed by atoms with Crippen LogP contribution in [-0.4, -0.2) is 40.9 Å². The van der Waals surface area contributed by atoms with E-state index in [1.54, 1.807) is 4.90 Å². The smallest absolute Gasteiger partial charge is 0.245 e. The Labute approximate surface area is 161 Å². The number of carbonyl (C=O) groups excluding carboxylic acids is 2. The van der Waals surface area contributed by atoms with Crippen LogP contribution in [0.4, 0.5) is 0 Å². The van der Waals surface area contributed by atoms with Crippen LogP contribution in [0.25, 0.3) is 0 Å². The van der Waals surface area contributed by atoms with Crippen molar-refractivity contribution in [2.24, 2.45) is 5.73 Å². The van der Waals surface area contributed by atoms with E-state index in [9.17, 15) is 9.59 Å². The molecular formula is C21H30N4O2. The second-order valence-corrected chi connectivity index (χ2v) is 7.51. The first-order chi connectivity index (χ1) is 13.0. The number of amides is 2. The number of rotatable bonds is 7. The SMILES string of the molecule is C=C(N[C@H]1CC[C@H]2CC[C@@H](C(=O)NCc3ccccc3)N2C1=O)[C@@H](N)CC. The van der Waals surface area contributed by atoms with Crippen LogP contribution in [0.15, 0.2) is 42.6 Å². The molecule has 2 saturated heterocycles. The largest absolute Gasteiger partial charge is 0.376 e. The summed E-state index contributed by atoms with van der Waals surface area (Å²) in [6.07, 6.45) is 4.04. The molecule has 0 saturated carbocycles. The van der Waals surface area contributed by atoms with Gasteiger partial charge in [-0.05, 0) is 37.7 Å². The topological polar surface area (TPSA) is 87.5 Å². The van der Waals surface area contributed by atoms with Crippen LogP contribution in [0.1, 0.15) is 44.6 Å². The molecule has 2 fully saturated rings. The normalized spacial score (nSPS) is 25.6. The van der Waals surface area contributed by atoms with Crippen molar-refractivity contribution in [1.82, 2.24) is 15.5 Å². The van der Waals surface area contributed by atoms with Crippen LogP contribution in [-0.2, 0) is 16.1 Å². The predicted molar refractivity (Wildman–Crippen MR) is 106 cm³/mol. The maximum atomic E-state index is 13.0. The van der Waals surface area contributed by atoms with Crippen LogP contribution in [0.5, 0.6) is 0 Å². The monoisotopic (exact) mass is 370 g/mol. The highest BCUT2D eigenvalue weighted by atomic mass is 16.2. The summed E-state index contributed by atoms with van der Waals surface area (Å²) in [5.74, 6) is -0.0764. The van der Waals surface area contributed by atoms with Crippen molar-refractivity contribution in [3.8, 4) is 0 Å². The molecule has 0 spiro atoms. The molecule has 4 N–H and O–H groups in total. The zero-order chi connectivity index (χ0) is 19.4. The van der Waals surface area contributed by atoms with E-state index in [1.165, 1.54) is 0 Å². The van der Waals surface area contributed by atoms with Gasteiger partial charge in [0.15, 0.2) is 0 Å². The first-order valence-corrected chi connectivity index (χ1v) is 9.86. The zero-order valence-electron chi connectivity index (χ0n) is 16.0. The van der Waals surface area contributed by atoms with Gasteiger partial charge in [-0.15, -0.1) is 0 Å². The van der Waals surface area contributed by atoms with Crippen molar-refractivity contribution in [1.29, 1.82) is 0 Å². The third-order valence-corrected chi connectivity index (χ3v) is 5.70. The van der Waals surface area contributed by atoms with Crippen molar-refractivity contribution < 1.29 is 9.59 Å². The van der Waals surface area contributed by atoms with Gasteiger partial charge in [0.05, 0.1) is 0 Å². The third-order valence-electron chi connectivity index (χ3n) is 5.70. The highest BCUT2D eigenvalue weighted by molar-refractivity contribution is 5.91. The molecule has 0 bridgehead atoms. The van der Waals surface area contributed by atoms with E-state index < -0.39 is 0 Å². The summed E-state index contributed by atoms with van der Waals surface area (Å²) in [4.78, 5) is 27.6. The number of benzene rings is 1. The average Bonchev–Trinajstić information content (AvgIpc) is 3.13. The molecular weight excluding hydrogens is 340 g/mol. The van der Waals surface area contributed by atoms with Gasteiger partial charge in [0.25, 0.3) is 0 Å². The molecule has 2 heterocycles. The Hall–Kier alpha value is -2.34. The molecule has 6 heteroatoms. The van der Waals surface area contributed by atoms with Gasteiger partial charge < -0.3 is 21.3 Å². The van der Waals surface area contributed by atoms with Gasteiger partial charge >= 0.3 is 0 Å². The van der Waals surface area contributed by atoms with Gasteiger partial charge in [0.2, 0.25) is 11.8 Å². The standard InChI is InChI=1S/C21H30N4O2/c1-3-17(22)14(2)24-18-11-9-16-10-12-19(25(16)21(18)27)20(26)23-13-15-7-5-4-6-8-15/h4-8,16-19,24H,2-3,9-13,22H2,1H3,(H,23,26)/t16-,17-,18-,19-/m0/s1. The summed E-state index contributed by atoms with van der Waals surface area (Å²) in [6.45, 7) is 6.44. The van der Waals surface area contributed by atoms with E-state index in [0.29, 0.717) is 12.2 Å². The molecule has 0 aliphatic carbocycles.